The number of carbonyl (C=O) groups is 1. The van der Waals surface area contributed by atoms with Gasteiger partial charge in [0.15, 0.2) is 0 Å². The van der Waals surface area contributed by atoms with Gasteiger partial charge in [0.05, 0.1) is 22.8 Å². The fourth-order valence-electron chi connectivity index (χ4n) is 3.13. The quantitative estimate of drug-likeness (QED) is 0.529. The number of carbonyl (C=O) groups excluding carboxylic acids is 1. The number of hydrogen-bond donors (Lipinski definition) is 1. The minimum atomic E-state index is -0.0655. The highest BCUT2D eigenvalue weighted by molar-refractivity contribution is 7.18. The molecule has 0 aliphatic heterocycles. The van der Waals surface area contributed by atoms with Crippen LogP contribution in [0.15, 0.2) is 66.7 Å². The van der Waals surface area contributed by atoms with Gasteiger partial charge in [0.25, 0.3) is 0 Å². The van der Waals surface area contributed by atoms with Crippen LogP contribution in [-0.4, -0.2) is 29.4 Å². The van der Waals surface area contributed by atoms with E-state index in [9.17, 15) is 4.79 Å². The summed E-state index contributed by atoms with van der Waals surface area (Å²) in [6, 6.07) is 22.2. The van der Waals surface area contributed by atoms with E-state index in [-0.39, 0.29) is 18.5 Å². The molecule has 0 unspecified atom stereocenters. The van der Waals surface area contributed by atoms with Crippen molar-refractivity contribution in [3.8, 4) is 0 Å². The highest BCUT2D eigenvalue weighted by Gasteiger charge is 2.20. The maximum Gasteiger partial charge on any atom is 0.242 e. The monoisotopic (exact) mass is 375 g/mol. The lowest BCUT2D eigenvalue weighted by atomic mass is 10.1. The highest BCUT2D eigenvalue weighted by Crippen LogP contribution is 2.29. The summed E-state index contributed by atoms with van der Waals surface area (Å²) in [5.41, 5.74) is 1.96. The topological polar surface area (TPSA) is 45.2 Å². The highest BCUT2D eigenvalue weighted by atomic mass is 32.1. The zero-order valence-corrected chi connectivity index (χ0v) is 16.2. The number of para-hydroxylation sites is 1. The normalized spacial score (nSPS) is 12.2. The van der Waals surface area contributed by atoms with Gasteiger partial charge in [-0.2, -0.15) is 0 Å². The van der Waals surface area contributed by atoms with Crippen LogP contribution < -0.4 is 5.32 Å². The average molecular weight is 375 g/mol. The molecular formula is C22H21N3OS. The van der Waals surface area contributed by atoms with E-state index in [0.717, 1.165) is 31.7 Å². The number of thiazole rings is 1. The lowest BCUT2D eigenvalue weighted by Crippen LogP contribution is -2.34. The molecule has 0 spiro atoms. The van der Waals surface area contributed by atoms with Crippen molar-refractivity contribution in [3.63, 3.8) is 0 Å². The van der Waals surface area contributed by atoms with Crippen LogP contribution in [0, 0.1) is 0 Å². The van der Waals surface area contributed by atoms with Gasteiger partial charge in [0.2, 0.25) is 5.91 Å². The molecule has 0 fully saturated rings. The van der Waals surface area contributed by atoms with Gasteiger partial charge in [-0.05, 0) is 30.5 Å². The molecule has 1 amide bonds. The average Bonchev–Trinajstić information content (AvgIpc) is 3.15. The molecular weight excluding hydrogens is 354 g/mol. The van der Waals surface area contributed by atoms with Crippen LogP contribution in [0.25, 0.3) is 21.0 Å². The van der Waals surface area contributed by atoms with Gasteiger partial charge < -0.3 is 10.2 Å². The molecule has 5 heteroatoms. The van der Waals surface area contributed by atoms with E-state index in [2.05, 4.69) is 34.6 Å². The lowest BCUT2D eigenvalue weighted by molar-refractivity contribution is -0.129. The number of benzene rings is 3. The molecule has 0 saturated carbocycles. The van der Waals surface area contributed by atoms with Crippen LogP contribution in [0.2, 0.25) is 0 Å². The van der Waals surface area contributed by atoms with Gasteiger partial charge in [-0.25, -0.2) is 4.98 Å². The van der Waals surface area contributed by atoms with Gasteiger partial charge in [0, 0.05) is 18.1 Å². The predicted octanol–water partition coefficient (Wildman–Crippen LogP) is 5.08. The summed E-state index contributed by atoms with van der Waals surface area (Å²) < 4.78 is 1.15. The Bertz CT molecular complexity index is 1070. The maximum atomic E-state index is 12.7. The van der Waals surface area contributed by atoms with Crippen molar-refractivity contribution < 1.29 is 4.79 Å². The van der Waals surface area contributed by atoms with E-state index in [4.69, 9.17) is 0 Å². The SMILES string of the molecule is C[C@H](c1nc2ccccc2s1)N(C)C(=O)CNc1cccc2ccccc12. The summed E-state index contributed by atoms with van der Waals surface area (Å²) in [6.07, 6.45) is 0. The Hall–Kier alpha value is -2.92. The molecule has 0 aliphatic carbocycles. The smallest absolute Gasteiger partial charge is 0.242 e. The predicted molar refractivity (Wildman–Crippen MR) is 113 cm³/mol. The van der Waals surface area contributed by atoms with Crippen LogP contribution in [0.5, 0.6) is 0 Å². The molecule has 27 heavy (non-hydrogen) atoms. The largest absolute Gasteiger partial charge is 0.376 e. The first-order chi connectivity index (χ1) is 13.1. The Morgan fingerprint density at radius 3 is 2.67 bits per heavy atom. The standard InChI is InChI=1S/C22H21N3OS/c1-15(22-24-19-11-5-6-13-20(19)27-22)25(2)21(26)14-23-18-12-7-9-16-8-3-4-10-17(16)18/h3-13,15,23H,14H2,1-2H3/t15-/m1/s1. The zero-order chi connectivity index (χ0) is 18.8. The van der Waals surface area contributed by atoms with Crippen LogP contribution in [0.4, 0.5) is 5.69 Å². The molecule has 0 aliphatic rings. The fraction of sp³-hybridized carbons (Fsp3) is 0.182. The van der Waals surface area contributed by atoms with Crippen LogP contribution >= 0.6 is 11.3 Å². The van der Waals surface area contributed by atoms with E-state index in [1.165, 1.54) is 0 Å². The van der Waals surface area contributed by atoms with Gasteiger partial charge in [-0.1, -0.05) is 48.5 Å². The number of rotatable bonds is 5. The molecule has 1 heterocycles. The molecule has 0 bridgehead atoms. The van der Waals surface area contributed by atoms with E-state index in [1.54, 1.807) is 16.2 Å². The molecule has 3 aromatic carbocycles. The van der Waals surface area contributed by atoms with Crippen molar-refractivity contribution in [2.24, 2.45) is 0 Å². The van der Waals surface area contributed by atoms with Gasteiger partial charge in [-0.3, -0.25) is 4.79 Å². The number of likely N-dealkylation sites (N-methyl/N-ethyl adjacent to an activating group) is 1. The Balaban J connectivity index is 1.47. The number of nitrogens with one attached hydrogen (secondary N) is 1. The van der Waals surface area contributed by atoms with E-state index in [1.807, 2.05) is 56.4 Å². The second kappa shape index (κ2) is 7.37. The van der Waals surface area contributed by atoms with Gasteiger partial charge >= 0.3 is 0 Å². The van der Waals surface area contributed by atoms with Crippen LogP contribution in [-0.2, 0) is 4.79 Å². The van der Waals surface area contributed by atoms with Gasteiger partial charge in [0.1, 0.15) is 5.01 Å². The summed E-state index contributed by atoms with van der Waals surface area (Å²) in [4.78, 5) is 19.2. The number of anilines is 1. The number of aromatic nitrogens is 1. The van der Waals surface area contributed by atoms with Crippen molar-refractivity contribution in [1.82, 2.24) is 9.88 Å². The zero-order valence-electron chi connectivity index (χ0n) is 15.3. The molecule has 1 N–H and O–H groups in total. The summed E-state index contributed by atoms with van der Waals surface area (Å²) in [6.45, 7) is 2.27. The lowest BCUT2D eigenvalue weighted by Gasteiger charge is -2.23. The van der Waals surface area contributed by atoms with Crippen LogP contribution in [0.1, 0.15) is 18.0 Å². The van der Waals surface area contributed by atoms with Crippen molar-refractivity contribution in [2.75, 3.05) is 18.9 Å². The van der Waals surface area contributed by atoms with Gasteiger partial charge in [-0.15, -0.1) is 11.3 Å². The van der Waals surface area contributed by atoms with Crippen LogP contribution in [0.3, 0.4) is 0 Å². The second-order valence-electron chi connectivity index (χ2n) is 6.58. The number of amides is 1. The molecule has 4 rings (SSSR count). The third-order valence-corrected chi connectivity index (χ3v) is 6.07. The first-order valence-electron chi connectivity index (χ1n) is 8.96. The van der Waals surface area contributed by atoms with E-state index in [0.29, 0.717) is 0 Å². The van der Waals surface area contributed by atoms with Crippen molar-refractivity contribution in [2.45, 2.75) is 13.0 Å². The third kappa shape index (κ3) is 3.51. The number of nitrogens with zero attached hydrogens (tertiary/aromatic N) is 2. The fourth-order valence-corrected chi connectivity index (χ4v) is 4.19. The Kier molecular flexibility index (Phi) is 4.77. The Labute approximate surface area is 162 Å². The summed E-state index contributed by atoms with van der Waals surface area (Å²) in [5.74, 6) is 0.0368. The molecule has 4 aromatic rings. The molecule has 0 saturated heterocycles. The second-order valence-corrected chi connectivity index (χ2v) is 7.64. The molecule has 136 valence electrons. The van der Waals surface area contributed by atoms with E-state index < -0.39 is 0 Å². The molecule has 1 aromatic heterocycles. The molecule has 0 radical (unpaired) electrons. The first-order valence-corrected chi connectivity index (χ1v) is 9.78. The summed E-state index contributed by atoms with van der Waals surface area (Å²) in [5, 5.41) is 6.53. The first kappa shape index (κ1) is 17.5. The van der Waals surface area contributed by atoms with E-state index >= 15 is 0 Å². The van der Waals surface area contributed by atoms with Crippen molar-refractivity contribution in [1.29, 1.82) is 0 Å². The number of hydrogen-bond acceptors (Lipinski definition) is 4. The summed E-state index contributed by atoms with van der Waals surface area (Å²) in [7, 11) is 1.84. The maximum absolute atomic E-state index is 12.7. The molecule has 1 atom stereocenters. The van der Waals surface area contributed by atoms with Crippen molar-refractivity contribution >= 4 is 43.9 Å². The minimum Gasteiger partial charge on any atom is -0.376 e. The summed E-state index contributed by atoms with van der Waals surface area (Å²) >= 11 is 1.64. The van der Waals surface area contributed by atoms with Crippen molar-refractivity contribution in [3.05, 3.63) is 71.7 Å². The molecule has 4 nitrogen and oxygen atoms in total. The third-order valence-electron chi connectivity index (χ3n) is 4.86. The Morgan fingerprint density at radius 2 is 1.81 bits per heavy atom. The Morgan fingerprint density at radius 1 is 1.07 bits per heavy atom. The number of fused-ring (bicyclic) bond motifs is 2. The minimum absolute atomic E-state index is 0.0368.